The number of rotatable bonds is 6. The quantitative estimate of drug-likeness (QED) is 0.841. The molecule has 4 heteroatoms. The molecule has 2 N–H and O–H groups in total. The molecule has 1 heterocycles. The van der Waals surface area contributed by atoms with Crippen molar-refractivity contribution in [1.82, 2.24) is 9.80 Å². The number of aliphatic hydroxyl groups excluding tert-OH is 1. The van der Waals surface area contributed by atoms with Crippen molar-refractivity contribution in [3.63, 3.8) is 0 Å². The lowest BCUT2D eigenvalue weighted by Crippen LogP contribution is -2.54. The van der Waals surface area contributed by atoms with Gasteiger partial charge in [-0.1, -0.05) is 37.5 Å². The summed E-state index contributed by atoms with van der Waals surface area (Å²) >= 11 is 0. The number of para-hydroxylation sites is 1. The first-order chi connectivity index (χ1) is 11.8. The van der Waals surface area contributed by atoms with Gasteiger partial charge in [0, 0.05) is 50.9 Å². The third-order valence-corrected chi connectivity index (χ3v) is 5.75. The molecule has 0 radical (unpaired) electrons. The van der Waals surface area contributed by atoms with Gasteiger partial charge in [0.15, 0.2) is 0 Å². The molecule has 24 heavy (non-hydrogen) atoms. The average Bonchev–Trinajstić information content (AvgIpc) is 2.60. The third-order valence-electron chi connectivity index (χ3n) is 5.75. The molecule has 1 saturated heterocycles. The van der Waals surface area contributed by atoms with Crippen molar-refractivity contribution in [1.29, 1.82) is 0 Å². The highest BCUT2D eigenvalue weighted by molar-refractivity contribution is 5.31. The molecule has 2 aliphatic rings. The van der Waals surface area contributed by atoms with Gasteiger partial charge in [0.25, 0.3) is 0 Å². The number of hydrogen-bond donors (Lipinski definition) is 2. The summed E-state index contributed by atoms with van der Waals surface area (Å²) in [7, 11) is 0. The summed E-state index contributed by atoms with van der Waals surface area (Å²) in [5, 5.41) is 19.5. The second-order valence-electron chi connectivity index (χ2n) is 7.53. The molecule has 1 aliphatic carbocycles. The Kier molecular flexibility index (Phi) is 6.52. The lowest BCUT2D eigenvalue weighted by atomic mass is 9.88. The number of aliphatic hydroxyl groups is 1. The number of hydrogen-bond acceptors (Lipinski definition) is 4. The molecule has 0 amide bonds. The third kappa shape index (κ3) is 4.71. The summed E-state index contributed by atoms with van der Waals surface area (Å²) < 4.78 is 0. The van der Waals surface area contributed by atoms with E-state index in [0.29, 0.717) is 11.8 Å². The van der Waals surface area contributed by atoms with Gasteiger partial charge < -0.3 is 10.2 Å². The van der Waals surface area contributed by atoms with Gasteiger partial charge in [-0.25, -0.2) is 0 Å². The molecule has 1 atom stereocenters. The number of phenolic OH excluding ortho intramolecular Hbond substituents is 1. The number of aromatic hydroxyl groups is 1. The Morgan fingerprint density at radius 1 is 1.04 bits per heavy atom. The summed E-state index contributed by atoms with van der Waals surface area (Å²) in [5.41, 5.74) is 1.00. The van der Waals surface area contributed by atoms with Gasteiger partial charge >= 0.3 is 0 Å². The van der Waals surface area contributed by atoms with Crippen LogP contribution in [0, 0.1) is 5.92 Å². The SMILES string of the molecule is OCC[C@@H]1CN(Cc2ccccc2O)CCN1CC1CCCCC1. The zero-order valence-corrected chi connectivity index (χ0v) is 14.7. The molecule has 1 aromatic rings. The van der Waals surface area contributed by atoms with E-state index >= 15 is 0 Å². The fourth-order valence-corrected chi connectivity index (χ4v) is 4.35. The van der Waals surface area contributed by atoms with Crippen LogP contribution in [0.3, 0.4) is 0 Å². The van der Waals surface area contributed by atoms with Crippen LogP contribution in [0.2, 0.25) is 0 Å². The van der Waals surface area contributed by atoms with E-state index in [1.165, 1.54) is 38.6 Å². The number of piperazine rings is 1. The first kappa shape index (κ1) is 17.7. The Hall–Kier alpha value is -1.10. The van der Waals surface area contributed by atoms with Gasteiger partial charge in [-0.2, -0.15) is 0 Å². The zero-order valence-electron chi connectivity index (χ0n) is 14.7. The van der Waals surface area contributed by atoms with E-state index in [2.05, 4.69) is 9.80 Å². The van der Waals surface area contributed by atoms with Crippen molar-refractivity contribution in [3.05, 3.63) is 29.8 Å². The Balaban J connectivity index is 1.57. The van der Waals surface area contributed by atoms with Crippen molar-refractivity contribution >= 4 is 0 Å². The molecule has 2 fully saturated rings. The highest BCUT2D eigenvalue weighted by Gasteiger charge is 2.29. The predicted octanol–water partition coefficient (Wildman–Crippen LogP) is 2.84. The minimum atomic E-state index is 0.260. The van der Waals surface area contributed by atoms with E-state index in [-0.39, 0.29) is 6.61 Å². The maximum absolute atomic E-state index is 10.0. The van der Waals surface area contributed by atoms with E-state index in [1.807, 2.05) is 18.2 Å². The van der Waals surface area contributed by atoms with Crippen molar-refractivity contribution in [2.75, 3.05) is 32.8 Å². The van der Waals surface area contributed by atoms with Gasteiger partial charge in [-0.3, -0.25) is 9.80 Å². The van der Waals surface area contributed by atoms with Crippen molar-refractivity contribution < 1.29 is 10.2 Å². The topological polar surface area (TPSA) is 46.9 Å². The van der Waals surface area contributed by atoms with Crippen LogP contribution in [0.1, 0.15) is 44.1 Å². The Labute approximate surface area is 146 Å². The normalized spacial score (nSPS) is 24.3. The molecule has 1 aliphatic heterocycles. The Morgan fingerprint density at radius 3 is 2.58 bits per heavy atom. The minimum Gasteiger partial charge on any atom is -0.508 e. The van der Waals surface area contributed by atoms with Crippen LogP contribution in [0.4, 0.5) is 0 Å². The molecule has 0 aromatic heterocycles. The molecule has 0 spiro atoms. The molecule has 3 rings (SSSR count). The zero-order chi connectivity index (χ0) is 16.8. The van der Waals surface area contributed by atoms with E-state index < -0.39 is 0 Å². The lowest BCUT2D eigenvalue weighted by Gasteiger charge is -2.43. The predicted molar refractivity (Wildman–Crippen MR) is 97.0 cm³/mol. The van der Waals surface area contributed by atoms with Crippen LogP contribution < -0.4 is 0 Å². The highest BCUT2D eigenvalue weighted by Crippen LogP contribution is 2.27. The van der Waals surface area contributed by atoms with E-state index in [1.54, 1.807) is 6.07 Å². The molecule has 4 nitrogen and oxygen atoms in total. The second kappa shape index (κ2) is 8.84. The average molecular weight is 332 g/mol. The summed E-state index contributed by atoms with van der Waals surface area (Å²) in [5.74, 6) is 1.24. The van der Waals surface area contributed by atoms with Gasteiger partial charge in [0.2, 0.25) is 0 Å². The van der Waals surface area contributed by atoms with Crippen molar-refractivity contribution in [3.8, 4) is 5.75 Å². The first-order valence-electron chi connectivity index (χ1n) is 9.60. The van der Waals surface area contributed by atoms with Crippen LogP contribution >= 0.6 is 0 Å². The second-order valence-corrected chi connectivity index (χ2v) is 7.53. The Morgan fingerprint density at radius 2 is 1.83 bits per heavy atom. The molecule has 1 aromatic carbocycles. The Bertz CT molecular complexity index is 502. The summed E-state index contributed by atoms with van der Waals surface area (Å²) in [6.07, 6.45) is 7.80. The van der Waals surface area contributed by atoms with Crippen LogP contribution in [0.5, 0.6) is 5.75 Å². The standard InChI is InChI=1S/C20H32N2O2/c23-13-10-19-16-21(15-18-8-4-5-9-20(18)24)11-12-22(19)14-17-6-2-1-3-7-17/h4-5,8-9,17,19,23-24H,1-3,6-7,10-16H2/t19-/m1/s1. The smallest absolute Gasteiger partial charge is 0.120 e. The van der Waals surface area contributed by atoms with Crippen LogP contribution in [0.15, 0.2) is 24.3 Å². The van der Waals surface area contributed by atoms with Crippen molar-refractivity contribution in [2.24, 2.45) is 5.92 Å². The maximum Gasteiger partial charge on any atom is 0.120 e. The molecule has 0 unspecified atom stereocenters. The first-order valence-corrected chi connectivity index (χ1v) is 9.60. The summed E-state index contributed by atoms with van der Waals surface area (Å²) in [6, 6.07) is 8.07. The fourth-order valence-electron chi connectivity index (χ4n) is 4.35. The fraction of sp³-hybridized carbons (Fsp3) is 0.700. The molecular formula is C20H32N2O2. The maximum atomic E-state index is 10.0. The molecular weight excluding hydrogens is 300 g/mol. The molecule has 1 saturated carbocycles. The lowest BCUT2D eigenvalue weighted by molar-refractivity contribution is 0.0397. The van der Waals surface area contributed by atoms with Gasteiger partial charge in [0.05, 0.1) is 0 Å². The number of benzene rings is 1. The van der Waals surface area contributed by atoms with E-state index in [4.69, 9.17) is 0 Å². The molecule has 0 bridgehead atoms. The number of phenols is 1. The summed E-state index contributed by atoms with van der Waals surface area (Å²) in [4.78, 5) is 5.04. The number of nitrogens with zero attached hydrogens (tertiary/aromatic N) is 2. The highest BCUT2D eigenvalue weighted by atomic mass is 16.3. The van der Waals surface area contributed by atoms with Crippen LogP contribution in [-0.4, -0.2) is 58.8 Å². The summed E-state index contributed by atoms with van der Waals surface area (Å²) in [6.45, 7) is 5.37. The largest absolute Gasteiger partial charge is 0.508 e. The van der Waals surface area contributed by atoms with E-state index in [9.17, 15) is 10.2 Å². The minimum absolute atomic E-state index is 0.260. The van der Waals surface area contributed by atoms with Crippen LogP contribution in [-0.2, 0) is 6.54 Å². The van der Waals surface area contributed by atoms with Crippen molar-refractivity contribution in [2.45, 2.75) is 51.1 Å². The monoisotopic (exact) mass is 332 g/mol. The molecule has 134 valence electrons. The van der Waals surface area contributed by atoms with Gasteiger partial charge in [0.1, 0.15) is 5.75 Å². The van der Waals surface area contributed by atoms with Crippen LogP contribution in [0.25, 0.3) is 0 Å². The van der Waals surface area contributed by atoms with Gasteiger partial charge in [-0.05, 0) is 31.2 Å². The van der Waals surface area contributed by atoms with E-state index in [0.717, 1.165) is 44.1 Å². The van der Waals surface area contributed by atoms with Gasteiger partial charge in [-0.15, -0.1) is 0 Å².